The lowest BCUT2D eigenvalue weighted by Gasteiger charge is -2.19. The Kier molecular flexibility index (Phi) is 6.84. The first-order valence-electron chi connectivity index (χ1n) is 7.50. The second kappa shape index (κ2) is 8.39. The van der Waals surface area contributed by atoms with E-state index in [1.54, 1.807) is 14.0 Å². The van der Waals surface area contributed by atoms with E-state index in [1.165, 1.54) is 0 Å². The molecule has 1 unspecified atom stereocenters. The molecule has 0 aliphatic carbocycles. The maximum atomic E-state index is 11.3. The van der Waals surface area contributed by atoms with E-state index in [4.69, 9.17) is 0 Å². The maximum Gasteiger partial charge on any atom is 0.332 e. The van der Waals surface area contributed by atoms with Crippen molar-refractivity contribution in [1.29, 1.82) is 0 Å². The van der Waals surface area contributed by atoms with Crippen LogP contribution in [0.5, 0.6) is 0 Å². The number of rotatable bonds is 9. The number of aromatic nitrogens is 2. The molecule has 1 aromatic heterocycles. The number of hydrogen-bond donors (Lipinski definition) is 2. The number of anilines is 2. The van der Waals surface area contributed by atoms with Crippen LogP contribution in [-0.2, 0) is 0 Å². The molecule has 0 aromatic carbocycles. The van der Waals surface area contributed by atoms with E-state index in [2.05, 4.69) is 34.4 Å². The smallest absolute Gasteiger partial charge is 0.332 e. The summed E-state index contributed by atoms with van der Waals surface area (Å²) in [5.74, 6) is 0.706. The lowest BCUT2D eigenvalue weighted by atomic mass is 10.1. The number of nitrogens with zero attached hydrogens (tertiary/aromatic N) is 3. The summed E-state index contributed by atoms with van der Waals surface area (Å²) in [6.07, 6.45) is 5.18. The monoisotopic (exact) mass is 295 g/mol. The third kappa shape index (κ3) is 4.84. The van der Waals surface area contributed by atoms with Crippen LogP contribution in [0.1, 0.15) is 51.6 Å². The van der Waals surface area contributed by atoms with Crippen molar-refractivity contribution in [1.82, 2.24) is 9.97 Å². The van der Waals surface area contributed by atoms with Crippen molar-refractivity contribution in [2.24, 2.45) is 0 Å². The van der Waals surface area contributed by atoms with Crippen molar-refractivity contribution in [3.8, 4) is 0 Å². The molecule has 0 amide bonds. The van der Waals surface area contributed by atoms with Gasteiger partial charge in [0.25, 0.3) is 0 Å². The highest BCUT2D eigenvalue weighted by Gasteiger charge is 2.23. The molecular weight excluding hydrogens is 270 g/mol. The normalized spacial score (nSPS) is 12.0. The largest absolute Gasteiger partial charge is 0.361 e. The average molecular weight is 295 g/mol. The summed E-state index contributed by atoms with van der Waals surface area (Å²) in [6.45, 7) is 5.88. The molecule has 21 heavy (non-hydrogen) atoms. The molecule has 7 nitrogen and oxygen atoms in total. The van der Waals surface area contributed by atoms with Crippen LogP contribution in [0.25, 0.3) is 0 Å². The summed E-state index contributed by atoms with van der Waals surface area (Å²) >= 11 is 0. The Morgan fingerprint density at radius 2 is 1.95 bits per heavy atom. The van der Waals surface area contributed by atoms with Gasteiger partial charge in [0.15, 0.2) is 0 Å². The van der Waals surface area contributed by atoms with Crippen LogP contribution in [0.15, 0.2) is 0 Å². The minimum atomic E-state index is -0.417. The molecular formula is C14H25N5O2. The van der Waals surface area contributed by atoms with Gasteiger partial charge in [0.2, 0.25) is 11.8 Å². The van der Waals surface area contributed by atoms with Crippen LogP contribution in [0.2, 0.25) is 0 Å². The van der Waals surface area contributed by atoms with Gasteiger partial charge in [0, 0.05) is 13.1 Å². The molecule has 0 fully saturated rings. The molecule has 0 bridgehead atoms. The lowest BCUT2D eigenvalue weighted by molar-refractivity contribution is -0.385. The van der Waals surface area contributed by atoms with E-state index < -0.39 is 4.92 Å². The van der Waals surface area contributed by atoms with Crippen LogP contribution in [0, 0.1) is 17.0 Å². The van der Waals surface area contributed by atoms with Gasteiger partial charge in [-0.05, 0) is 19.8 Å². The minimum absolute atomic E-state index is 0.0356. The number of aryl methyl sites for hydroxylation is 1. The van der Waals surface area contributed by atoms with Crippen molar-refractivity contribution in [2.45, 2.75) is 58.9 Å². The maximum absolute atomic E-state index is 11.3. The van der Waals surface area contributed by atoms with Gasteiger partial charge in [-0.3, -0.25) is 10.1 Å². The molecule has 1 rings (SSSR count). The summed E-state index contributed by atoms with van der Waals surface area (Å²) < 4.78 is 0. The highest BCUT2D eigenvalue weighted by molar-refractivity contribution is 5.61. The zero-order chi connectivity index (χ0) is 15.8. The Hall–Kier alpha value is -1.92. The van der Waals surface area contributed by atoms with Crippen molar-refractivity contribution in [3.05, 3.63) is 15.8 Å². The topological polar surface area (TPSA) is 93.0 Å². The lowest BCUT2D eigenvalue weighted by Crippen LogP contribution is -2.21. The summed E-state index contributed by atoms with van der Waals surface area (Å²) in [5, 5.41) is 17.3. The van der Waals surface area contributed by atoms with Crippen molar-refractivity contribution >= 4 is 17.5 Å². The fourth-order valence-corrected chi connectivity index (χ4v) is 2.28. The number of nitrogens with one attached hydrogen (secondary N) is 2. The molecule has 0 spiro atoms. The van der Waals surface area contributed by atoms with Crippen LogP contribution in [0.3, 0.4) is 0 Å². The van der Waals surface area contributed by atoms with E-state index in [9.17, 15) is 10.1 Å². The zero-order valence-corrected chi connectivity index (χ0v) is 13.3. The Balaban J connectivity index is 3.07. The van der Waals surface area contributed by atoms with E-state index in [0.717, 1.165) is 32.1 Å². The fraction of sp³-hybridized carbons (Fsp3) is 0.714. The third-order valence-corrected chi connectivity index (χ3v) is 3.35. The molecule has 0 radical (unpaired) electrons. The highest BCUT2D eigenvalue weighted by atomic mass is 16.6. The first-order valence-corrected chi connectivity index (χ1v) is 7.50. The molecule has 0 aliphatic rings. The number of hydrogen-bond acceptors (Lipinski definition) is 6. The van der Waals surface area contributed by atoms with Gasteiger partial charge in [0.1, 0.15) is 5.69 Å². The molecule has 0 aliphatic heterocycles. The zero-order valence-electron chi connectivity index (χ0n) is 13.3. The molecule has 1 heterocycles. The number of unbranched alkanes of at least 4 members (excludes halogenated alkanes) is 1. The van der Waals surface area contributed by atoms with Gasteiger partial charge < -0.3 is 10.6 Å². The van der Waals surface area contributed by atoms with Gasteiger partial charge in [-0.2, -0.15) is 4.98 Å². The van der Waals surface area contributed by atoms with Crippen molar-refractivity contribution < 1.29 is 4.92 Å². The van der Waals surface area contributed by atoms with Gasteiger partial charge in [0.05, 0.1) is 4.92 Å². The van der Waals surface area contributed by atoms with Gasteiger partial charge >= 0.3 is 5.69 Å². The van der Waals surface area contributed by atoms with E-state index in [0.29, 0.717) is 17.5 Å². The van der Waals surface area contributed by atoms with Gasteiger partial charge in [-0.25, -0.2) is 4.98 Å². The van der Waals surface area contributed by atoms with Crippen LogP contribution >= 0.6 is 0 Å². The van der Waals surface area contributed by atoms with Crippen molar-refractivity contribution in [2.75, 3.05) is 17.7 Å². The molecule has 0 saturated carbocycles. The Bertz CT molecular complexity index is 479. The third-order valence-electron chi connectivity index (χ3n) is 3.35. The van der Waals surface area contributed by atoms with E-state index in [1.807, 2.05) is 0 Å². The summed E-state index contributed by atoms with van der Waals surface area (Å²) in [7, 11) is 1.70. The average Bonchev–Trinajstić information content (AvgIpc) is 2.43. The second-order valence-electron chi connectivity index (χ2n) is 5.11. The van der Waals surface area contributed by atoms with E-state index >= 15 is 0 Å². The molecule has 0 saturated heterocycles. The predicted molar refractivity (Wildman–Crippen MR) is 84.8 cm³/mol. The SMILES string of the molecule is CCCCC(CCC)Nc1nc(NC)nc(C)c1[N+](=O)[O-]. The number of nitro groups is 1. The van der Waals surface area contributed by atoms with Crippen LogP contribution in [0.4, 0.5) is 17.5 Å². The van der Waals surface area contributed by atoms with Crippen molar-refractivity contribution in [3.63, 3.8) is 0 Å². The first kappa shape index (κ1) is 17.1. The molecule has 2 N–H and O–H groups in total. The Morgan fingerprint density at radius 3 is 2.48 bits per heavy atom. The highest BCUT2D eigenvalue weighted by Crippen LogP contribution is 2.28. The molecule has 1 aromatic rings. The summed E-state index contributed by atoms with van der Waals surface area (Å²) in [6, 6.07) is 0.202. The van der Waals surface area contributed by atoms with E-state index in [-0.39, 0.29) is 11.7 Å². The second-order valence-corrected chi connectivity index (χ2v) is 5.11. The van der Waals surface area contributed by atoms with Crippen LogP contribution in [-0.4, -0.2) is 28.0 Å². The quantitative estimate of drug-likeness (QED) is 0.535. The van der Waals surface area contributed by atoms with Gasteiger partial charge in [-0.1, -0.05) is 33.1 Å². The summed E-state index contributed by atoms with van der Waals surface area (Å²) in [4.78, 5) is 19.2. The Labute approximate surface area is 125 Å². The summed E-state index contributed by atoms with van der Waals surface area (Å²) in [5.41, 5.74) is 0.333. The fourth-order valence-electron chi connectivity index (χ4n) is 2.28. The molecule has 7 heteroatoms. The standard InChI is InChI=1S/C14H25N5O2/c1-5-7-9-11(8-6-2)17-13-12(19(20)21)10(3)16-14(15-4)18-13/h11H,5-9H2,1-4H3,(H2,15,16,17,18). The minimum Gasteiger partial charge on any atom is -0.361 e. The van der Waals surface area contributed by atoms with Crippen LogP contribution < -0.4 is 10.6 Å². The van der Waals surface area contributed by atoms with Gasteiger partial charge in [-0.15, -0.1) is 0 Å². The predicted octanol–water partition coefficient (Wildman–Crippen LogP) is 3.51. The first-order chi connectivity index (χ1) is 10.0. The Morgan fingerprint density at radius 1 is 1.24 bits per heavy atom. The molecule has 1 atom stereocenters. The molecule has 118 valence electrons.